The van der Waals surface area contributed by atoms with E-state index in [-0.39, 0.29) is 0 Å². The minimum atomic E-state index is -0.908. The first-order chi connectivity index (χ1) is 6.88. The van der Waals surface area contributed by atoms with Crippen LogP contribution in [0, 0.1) is 6.54 Å². The van der Waals surface area contributed by atoms with Crippen molar-refractivity contribution in [3.8, 4) is 0 Å². The van der Waals surface area contributed by atoms with Gasteiger partial charge in [0.25, 0.3) is 0 Å². The fourth-order valence-corrected chi connectivity index (χ4v) is 4.82. The number of rotatable bonds is 2. The van der Waals surface area contributed by atoms with Crippen molar-refractivity contribution in [1.29, 1.82) is 0 Å². The molecule has 0 aromatic heterocycles. The van der Waals surface area contributed by atoms with Crippen LogP contribution in [0.25, 0.3) is 0 Å². The normalized spacial score (nSPS) is 27.0. The van der Waals surface area contributed by atoms with Gasteiger partial charge in [-0.1, -0.05) is 0 Å². The Hall–Kier alpha value is 0.930. The molecule has 0 saturated carbocycles. The van der Waals surface area contributed by atoms with Gasteiger partial charge in [0, 0.05) is 23.0 Å². The molecule has 0 bridgehead atoms. The third-order valence-corrected chi connectivity index (χ3v) is 5.58. The molecule has 0 amide bonds. The second-order valence-electron chi connectivity index (χ2n) is 3.17. The van der Waals surface area contributed by atoms with Crippen LogP contribution in [0.4, 0.5) is 0 Å². The van der Waals surface area contributed by atoms with Gasteiger partial charge >= 0.3 is 0 Å². The molecule has 81 valence electrons. The molecule has 0 aromatic carbocycles. The summed E-state index contributed by atoms with van der Waals surface area (Å²) in [5, 5.41) is 0. The SMILES string of the molecule is [O-][S+](N1[CH]CSCC1)N1CCSCC1. The molecule has 6 heteroatoms. The number of nitrogens with zero attached hydrogens (tertiary/aromatic N) is 2. The van der Waals surface area contributed by atoms with E-state index < -0.39 is 11.5 Å². The number of hydrogen-bond donors (Lipinski definition) is 0. The van der Waals surface area contributed by atoms with E-state index in [2.05, 4.69) is 10.8 Å². The molecule has 2 rings (SSSR count). The Kier molecular flexibility index (Phi) is 4.78. The largest absolute Gasteiger partial charge is 0.578 e. The second kappa shape index (κ2) is 5.86. The third kappa shape index (κ3) is 2.96. The van der Waals surface area contributed by atoms with Crippen molar-refractivity contribution >= 4 is 35.1 Å². The molecule has 14 heavy (non-hydrogen) atoms. The monoisotopic (exact) mass is 251 g/mol. The highest BCUT2D eigenvalue weighted by atomic mass is 32.2. The van der Waals surface area contributed by atoms with Crippen molar-refractivity contribution in [3.63, 3.8) is 0 Å². The molecule has 2 saturated heterocycles. The minimum Gasteiger partial charge on any atom is -0.578 e. The molecule has 2 aliphatic heterocycles. The lowest BCUT2D eigenvalue weighted by atomic mass is 10.6. The van der Waals surface area contributed by atoms with Crippen molar-refractivity contribution in [2.75, 3.05) is 42.6 Å². The van der Waals surface area contributed by atoms with E-state index in [1.54, 1.807) is 0 Å². The Morgan fingerprint density at radius 2 is 1.79 bits per heavy atom. The minimum absolute atomic E-state index is 0.908. The van der Waals surface area contributed by atoms with E-state index in [9.17, 15) is 4.55 Å². The van der Waals surface area contributed by atoms with E-state index in [1.807, 2.05) is 27.8 Å². The molecule has 1 radical (unpaired) electrons. The molecule has 0 N–H and O–H groups in total. The maximum atomic E-state index is 12.1. The van der Waals surface area contributed by atoms with Gasteiger partial charge in [0.15, 0.2) is 0 Å². The molecule has 2 fully saturated rings. The Bertz CT molecular complexity index is 154. The van der Waals surface area contributed by atoms with Gasteiger partial charge in [-0.05, 0) is 0 Å². The van der Waals surface area contributed by atoms with Crippen LogP contribution in [0.5, 0.6) is 0 Å². The van der Waals surface area contributed by atoms with Crippen LogP contribution in [-0.2, 0) is 11.5 Å². The Morgan fingerprint density at radius 3 is 2.43 bits per heavy atom. The zero-order valence-electron chi connectivity index (χ0n) is 8.05. The van der Waals surface area contributed by atoms with E-state index in [0.29, 0.717) is 0 Å². The summed E-state index contributed by atoms with van der Waals surface area (Å²) in [6.07, 6.45) is 0. The van der Waals surface area contributed by atoms with Crippen LogP contribution in [0.15, 0.2) is 0 Å². The van der Waals surface area contributed by atoms with Gasteiger partial charge in [-0.3, -0.25) is 0 Å². The molecular formula is C8H15N2OS3. The van der Waals surface area contributed by atoms with E-state index in [4.69, 9.17) is 0 Å². The number of hydrogen-bond acceptors (Lipinski definition) is 5. The van der Waals surface area contributed by atoms with E-state index in [1.165, 1.54) is 0 Å². The summed E-state index contributed by atoms with van der Waals surface area (Å²) in [5.41, 5.74) is 0. The van der Waals surface area contributed by atoms with Crippen LogP contribution in [0.3, 0.4) is 0 Å². The highest BCUT2D eigenvalue weighted by molar-refractivity contribution is 7.99. The zero-order chi connectivity index (χ0) is 9.80. The van der Waals surface area contributed by atoms with Crippen molar-refractivity contribution in [2.24, 2.45) is 0 Å². The second-order valence-corrected chi connectivity index (χ2v) is 6.99. The predicted molar refractivity (Wildman–Crippen MR) is 65.4 cm³/mol. The van der Waals surface area contributed by atoms with Crippen LogP contribution < -0.4 is 0 Å². The van der Waals surface area contributed by atoms with Gasteiger partial charge < -0.3 is 4.55 Å². The average molecular weight is 251 g/mol. The summed E-state index contributed by atoms with van der Waals surface area (Å²) >= 11 is 2.95. The molecule has 0 spiro atoms. The Morgan fingerprint density at radius 1 is 1.07 bits per heavy atom. The summed E-state index contributed by atoms with van der Waals surface area (Å²) in [4.78, 5) is 0. The van der Waals surface area contributed by atoms with Crippen molar-refractivity contribution in [2.45, 2.75) is 0 Å². The van der Waals surface area contributed by atoms with Gasteiger partial charge in [0.2, 0.25) is 0 Å². The summed E-state index contributed by atoms with van der Waals surface area (Å²) in [6.45, 7) is 4.94. The van der Waals surface area contributed by atoms with Crippen LogP contribution in [0.2, 0.25) is 0 Å². The van der Waals surface area contributed by atoms with Crippen LogP contribution in [-0.4, -0.2) is 55.8 Å². The zero-order valence-corrected chi connectivity index (χ0v) is 10.5. The molecule has 2 aliphatic rings. The molecule has 2 heterocycles. The van der Waals surface area contributed by atoms with Gasteiger partial charge in [-0.15, -0.1) is 8.61 Å². The lowest BCUT2D eigenvalue weighted by Gasteiger charge is -2.33. The van der Waals surface area contributed by atoms with Crippen molar-refractivity contribution < 1.29 is 4.55 Å². The summed E-state index contributed by atoms with van der Waals surface area (Å²) in [7, 11) is 0. The highest BCUT2D eigenvalue weighted by Gasteiger charge is 2.30. The first kappa shape index (κ1) is 11.4. The molecule has 1 atom stereocenters. The molecule has 0 aromatic rings. The van der Waals surface area contributed by atoms with E-state index >= 15 is 0 Å². The number of thioether (sulfide) groups is 2. The lowest BCUT2D eigenvalue weighted by Crippen LogP contribution is -2.48. The van der Waals surface area contributed by atoms with Gasteiger partial charge in [-0.25, -0.2) is 0 Å². The predicted octanol–water partition coefficient (Wildman–Crippen LogP) is 0.824. The Labute approximate surface area is 97.4 Å². The lowest BCUT2D eigenvalue weighted by molar-refractivity contribution is 0.383. The van der Waals surface area contributed by atoms with Crippen molar-refractivity contribution in [3.05, 3.63) is 6.54 Å². The maximum absolute atomic E-state index is 12.1. The summed E-state index contributed by atoms with van der Waals surface area (Å²) in [6, 6.07) is 0. The quantitative estimate of drug-likeness (QED) is 0.678. The topological polar surface area (TPSA) is 29.5 Å². The van der Waals surface area contributed by atoms with Crippen LogP contribution in [0.1, 0.15) is 0 Å². The van der Waals surface area contributed by atoms with Gasteiger partial charge in [-0.2, -0.15) is 23.5 Å². The molecular weight excluding hydrogens is 236 g/mol. The molecule has 3 nitrogen and oxygen atoms in total. The standard InChI is InChI=1S/C8H15N2OS3/c11-14(9-1-5-12-6-2-9)10-3-7-13-8-4-10/h1H,2-8H2. The first-order valence-corrected chi connectivity index (χ1v) is 8.17. The smallest absolute Gasteiger partial charge is 0.140 e. The van der Waals surface area contributed by atoms with E-state index in [0.717, 1.165) is 42.6 Å². The Balaban J connectivity index is 1.82. The average Bonchev–Trinajstić information content (AvgIpc) is 2.30. The summed E-state index contributed by atoms with van der Waals surface area (Å²) in [5.74, 6) is 4.35. The third-order valence-electron chi connectivity index (χ3n) is 2.24. The fourth-order valence-electron chi connectivity index (χ4n) is 1.46. The fraction of sp³-hybridized carbons (Fsp3) is 0.875. The maximum Gasteiger partial charge on any atom is 0.140 e. The van der Waals surface area contributed by atoms with Gasteiger partial charge in [0.1, 0.15) is 11.5 Å². The first-order valence-electron chi connectivity index (χ1n) is 4.80. The highest BCUT2D eigenvalue weighted by Crippen LogP contribution is 2.21. The molecule has 1 unspecified atom stereocenters. The summed E-state index contributed by atoms with van der Waals surface area (Å²) < 4.78 is 16.1. The molecule has 0 aliphatic carbocycles. The van der Waals surface area contributed by atoms with Gasteiger partial charge in [0.05, 0.1) is 26.2 Å². The van der Waals surface area contributed by atoms with Crippen molar-refractivity contribution in [1.82, 2.24) is 8.61 Å². The van der Waals surface area contributed by atoms with Crippen LogP contribution >= 0.6 is 23.5 Å².